The summed E-state index contributed by atoms with van der Waals surface area (Å²) in [4.78, 5) is 26.8. The summed E-state index contributed by atoms with van der Waals surface area (Å²) < 4.78 is 0. The van der Waals surface area contributed by atoms with Gasteiger partial charge >= 0.3 is 5.97 Å². The number of nitrogens with zero attached hydrogens (tertiary/aromatic N) is 1. The highest BCUT2D eigenvalue weighted by Crippen LogP contribution is 2.43. The van der Waals surface area contributed by atoms with Gasteiger partial charge in [0, 0.05) is 18.2 Å². The van der Waals surface area contributed by atoms with Crippen LogP contribution in [0.4, 0.5) is 0 Å². The van der Waals surface area contributed by atoms with Crippen molar-refractivity contribution in [2.75, 3.05) is 6.54 Å². The molecule has 0 spiro atoms. The predicted molar refractivity (Wildman–Crippen MR) is 85.5 cm³/mol. The third kappa shape index (κ3) is 3.08. The molecule has 0 saturated heterocycles. The molecule has 0 atom stereocenters. The minimum absolute atomic E-state index is 0.0192. The molecule has 2 N–H and O–H groups in total. The lowest BCUT2D eigenvalue weighted by Gasteiger charge is -2.42. The summed E-state index contributed by atoms with van der Waals surface area (Å²) in [7, 11) is 0. The van der Waals surface area contributed by atoms with E-state index >= 15 is 0 Å². The average Bonchev–Trinajstić information content (AvgIpc) is 2.55. The van der Waals surface area contributed by atoms with Gasteiger partial charge in [-0.1, -0.05) is 36.8 Å². The average molecular weight is 310 g/mol. The van der Waals surface area contributed by atoms with E-state index in [1.165, 1.54) is 30.3 Å². The van der Waals surface area contributed by atoms with Crippen LogP contribution in [0.25, 0.3) is 0 Å². The Kier molecular flexibility index (Phi) is 4.10. The maximum Gasteiger partial charge on any atom is 0.354 e. The highest BCUT2D eigenvalue weighted by atomic mass is 16.4. The number of carboxylic acid groups (broad SMARTS) is 1. The molecule has 1 saturated carbocycles. The van der Waals surface area contributed by atoms with Crippen molar-refractivity contribution in [3.8, 4) is 0 Å². The fraction of sp³-hybridized carbons (Fsp3) is 0.278. The number of amides is 1. The van der Waals surface area contributed by atoms with Crippen molar-refractivity contribution < 1.29 is 14.7 Å². The summed E-state index contributed by atoms with van der Waals surface area (Å²) in [5, 5.41) is 11.8. The zero-order chi connectivity index (χ0) is 16.3. The normalized spacial score (nSPS) is 15.5. The van der Waals surface area contributed by atoms with Crippen LogP contribution >= 0.6 is 0 Å². The number of nitrogens with one attached hydrogen (secondary N) is 1. The van der Waals surface area contributed by atoms with E-state index in [1.54, 1.807) is 0 Å². The molecule has 0 aliphatic heterocycles. The van der Waals surface area contributed by atoms with Crippen LogP contribution in [0.2, 0.25) is 0 Å². The minimum atomic E-state index is -1.10. The van der Waals surface area contributed by atoms with Gasteiger partial charge in [-0.3, -0.25) is 4.79 Å². The zero-order valence-electron chi connectivity index (χ0n) is 12.7. The molecule has 1 amide bonds. The van der Waals surface area contributed by atoms with Gasteiger partial charge in [0.2, 0.25) is 0 Å². The van der Waals surface area contributed by atoms with Crippen LogP contribution in [0, 0.1) is 0 Å². The first-order valence-corrected chi connectivity index (χ1v) is 7.64. The second-order valence-corrected chi connectivity index (χ2v) is 5.92. The Morgan fingerprint density at radius 3 is 2.39 bits per heavy atom. The molecule has 1 heterocycles. The Morgan fingerprint density at radius 1 is 1.13 bits per heavy atom. The van der Waals surface area contributed by atoms with Gasteiger partial charge < -0.3 is 10.4 Å². The van der Waals surface area contributed by atoms with E-state index in [-0.39, 0.29) is 17.0 Å². The second-order valence-electron chi connectivity index (χ2n) is 5.92. The van der Waals surface area contributed by atoms with Gasteiger partial charge in [0.05, 0.1) is 5.56 Å². The topological polar surface area (TPSA) is 79.3 Å². The van der Waals surface area contributed by atoms with Crippen LogP contribution in [-0.2, 0) is 5.41 Å². The van der Waals surface area contributed by atoms with E-state index in [0.29, 0.717) is 12.1 Å². The van der Waals surface area contributed by atoms with Crippen molar-refractivity contribution in [2.45, 2.75) is 24.7 Å². The first-order valence-electron chi connectivity index (χ1n) is 7.64. The maximum atomic E-state index is 12.2. The van der Waals surface area contributed by atoms with Crippen LogP contribution < -0.4 is 5.32 Å². The molecule has 2 aromatic rings. The Balaban J connectivity index is 1.67. The molecule has 1 aliphatic carbocycles. The summed E-state index contributed by atoms with van der Waals surface area (Å²) in [5.74, 6) is -1.33. The molecule has 5 nitrogen and oxygen atoms in total. The number of aromatic nitrogens is 1. The number of rotatable bonds is 5. The Bertz CT molecular complexity index is 707. The van der Waals surface area contributed by atoms with E-state index in [2.05, 4.69) is 22.4 Å². The van der Waals surface area contributed by atoms with Gasteiger partial charge in [-0.15, -0.1) is 0 Å². The lowest BCUT2D eigenvalue weighted by Crippen LogP contribution is -2.45. The summed E-state index contributed by atoms with van der Waals surface area (Å²) in [6.07, 6.45) is 4.59. The molecule has 1 aliphatic rings. The molecule has 5 heteroatoms. The Hall–Kier alpha value is -2.69. The van der Waals surface area contributed by atoms with E-state index in [0.717, 1.165) is 12.8 Å². The van der Waals surface area contributed by atoms with Crippen molar-refractivity contribution in [3.05, 3.63) is 65.5 Å². The molecule has 118 valence electrons. The molecular formula is C18H18N2O3. The number of benzene rings is 1. The summed E-state index contributed by atoms with van der Waals surface area (Å²) in [5.41, 5.74) is 1.58. The highest BCUT2D eigenvalue weighted by Gasteiger charge is 2.38. The molecule has 1 aromatic carbocycles. The van der Waals surface area contributed by atoms with Crippen LogP contribution in [0.3, 0.4) is 0 Å². The second kappa shape index (κ2) is 6.20. The largest absolute Gasteiger partial charge is 0.477 e. The lowest BCUT2D eigenvalue weighted by atomic mass is 9.64. The van der Waals surface area contributed by atoms with Gasteiger partial charge in [-0.2, -0.15) is 0 Å². The Labute approximate surface area is 134 Å². The number of aromatic carboxylic acids is 1. The maximum absolute atomic E-state index is 12.2. The number of hydrogen-bond donors (Lipinski definition) is 2. The quantitative estimate of drug-likeness (QED) is 0.890. The van der Waals surface area contributed by atoms with E-state index in [1.807, 2.05) is 18.2 Å². The van der Waals surface area contributed by atoms with Crippen LogP contribution in [0.5, 0.6) is 0 Å². The summed E-state index contributed by atoms with van der Waals surface area (Å²) in [6, 6.07) is 13.1. The molecule has 0 radical (unpaired) electrons. The van der Waals surface area contributed by atoms with Crippen molar-refractivity contribution in [1.29, 1.82) is 0 Å². The SMILES string of the molecule is O=C(NCC1(c2ccccc2)CCC1)c1ccc(C(=O)O)nc1. The summed E-state index contributed by atoms with van der Waals surface area (Å²) in [6.45, 7) is 0.580. The third-order valence-corrected chi connectivity index (χ3v) is 4.53. The van der Waals surface area contributed by atoms with Gasteiger partial charge in [0.1, 0.15) is 5.69 Å². The van der Waals surface area contributed by atoms with Crippen molar-refractivity contribution in [1.82, 2.24) is 10.3 Å². The van der Waals surface area contributed by atoms with Gasteiger partial charge in [0.25, 0.3) is 5.91 Å². The van der Waals surface area contributed by atoms with Gasteiger partial charge in [0.15, 0.2) is 0 Å². The van der Waals surface area contributed by atoms with Crippen molar-refractivity contribution >= 4 is 11.9 Å². The Morgan fingerprint density at radius 2 is 1.87 bits per heavy atom. The monoisotopic (exact) mass is 310 g/mol. The van der Waals surface area contributed by atoms with E-state index in [9.17, 15) is 9.59 Å². The number of carboxylic acids is 1. The fourth-order valence-corrected chi connectivity index (χ4v) is 2.97. The lowest BCUT2D eigenvalue weighted by molar-refractivity contribution is 0.0689. The van der Waals surface area contributed by atoms with Crippen LogP contribution in [0.15, 0.2) is 48.7 Å². The molecule has 0 bridgehead atoms. The molecule has 0 unspecified atom stereocenters. The molecule has 23 heavy (non-hydrogen) atoms. The fourth-order valence-electron chi connectivity index (χ4n) is 2.97. The van der Waals surface area contributed by atoms with Crippen molar-refractivity contribution in [2.24, 2.45) is 0 Å². The minimum Gasteiger partial charge on any atom is -0.477 e. The summed E-state index contributed by atoms with van der Waals surface area (Å²) >= 11 is 0. The van der Waals surface area contributed by atoms with E-state index < -0.39 is 5.97 Å². The van der Waals surface area contributed by atoms with Crippen LogP contribution in [0.1, 0.15) is 45.7 Å². The van der Waals surface area contributed by atoms with Gasteiger partial charge in [-0.05, 0) is 30.5 Å². The van der Waals surface area contributed by atoms with E-state index in [4.69, 9.17) is 5.11 Å². The first-order chi connectivity index (χ1) is 11.1. The molecule has 3 rings (SSSR count). The zero-order valence-corrected chi connectivity index (χ0v) is 12.7. The van der Waals surface area contributed by atoms with Crippen molar-refractivity contribution in [3.63, 3.8) is 0 Å². The number of carbonyl (C=O) groups excluding carboxylic acids is 1. The van der Waals surface area contributed by atoms with Gasteiger partial charge in [-0.25, -0.2) is 9.78 Å². The van der Waals surface area contributed by atoms with Crippen LogP contribution in [-0.4, -0.2) is 28.5 Å². The standard InChI is InChI=1S/C18H18N2O3/c21-16(13-7-8-15(17(22)23)19-11-13)20-12-18(9-4-10-18)14-5-2-1-3-6-14/h1-3,5-8,11H,4,9-10,12H2,(H,20,21)(H,22,23). The molecule has 1 aromatic heterocycles. The number of pyridine rings is 1. The first kappa shape index (κ1) is 15.2. The number of hydrogen-bond acceptors (Lipinski definition) is 3. The highest BCUT2D eigenvalue weighted by molar-refractivity contribution is 5.94. The molecular weight excluding hydrogens is 292 g/mol. The predicted octanol–water partition coefficient (Wildman–Crippen LogP) is 2.63. The smallest absolute Gasteiger partial charge is 0.354 e. The molecule has 1 fully saturated rings. The number of carbonyl (C=O) groups is 2. The third-order valence-electron chi connectivity index (χ3n) is 4.53.